The number of ketones is 1. The van der Waals surface area contributed by atoms with E-state index in [0.29, 0.717) is 12.8 Å². The Balaban J connectivity index is 2.63. The van der Waals surface area contributed by atoms with Crippen molar-refractivity contribution in [3.8, 4) is 0 Å². The number of rotatable bonds is 4. The molecule has 16 heavy (non-hydrogen) atoms. The third-order valence-corrected chi connectivity index (χ3v) is 2.38. The molecule has 1 unspecified atom stereocenters. The van der Waals surface area contributed by atoms with Gasteiger partial charge in [0.1, 0.15) is 11.4 Å². The molecule has 2 N–H and O–H groups in total. The van der Waals surface area contributed by atoms with Crippen LogP contribution < -0.4 is 10.6 Å². The predicted octanol–water partition coefficient (Wildman–Crippen LogP) is 2.24. The second-order valence-corrected chi connectivity index (χ2v) is 4.82. The molecule has 88 valence electrons. The van der Waals surface area contributed by atoms with Gasteiger partial charge in [-0.3, -0.25) is 4.79 Å². The first-order chi connectivity index (χ1) is 7.31. The molecule has 3 heteroatoms. The lowest BCUT2D eigenvalue weighted by molar-refractivity contribution is -0.121. The van der Waals surface area contributed by atoms with E-state index in [-0.39, 0.29) is 5.78 Å². The Labute approximate surface area is 97.3 Å². The van der Waals surface area contributed by atoms with Crippen LogP contribution in [0.4, 0.5) is 0 Å². The molecule has 1 atom stereocenters. The van der Waals surface area contributed by atoms with Crippen LogP contribution in [-0.4, -0.2) is 11.4 Å². The average molecular weight is 220 g/mol. The monoisotopic (exact) mass is 220 g/mol. The van der Waals surface area contributed by atoms with Crippen molar-refractivity contribution in [2.24, 2.45) is 0 Å². The zero-order valence-electron chi connectivity index (χ0n) is 10.2. The summed E-state index contributed by atoms with van der Waals surface area (Å²) in [5.41, 5.74) is 2.21. The molecule has 0 spiro atoms. The van der Waals surface area contributed by atoms with Crippen LogP contribution in [0.15, 0.2) is 36.7 Å². The first-order valence-corrected chi connectivity index (χ1v) is 5.39. The Morgan fingerprint density at radius 1 is 1.56 bits per heavy atom. The van der Waals surface area contributed by atoms with Crippen molar-refractivity contribution in [3.05, 3.63) is 36.7 Å². The molecule has 1 saturated heterocycles. The lowest BCUT2D eigenvalue weighted by Crippen LogP contribution is -2.57. The first kappa shape index (κ1) is 12.6. The number of nitrogens with one attached hydrogen (secondary N) is 2. The smallest absolute Gasteiger partial charge is 0.142 e. The lowest BCUT2D eigenvalue weighted by Gasteiger charge is -2.38. The Kier molecular flexibility index (Phi) is 3.58. The summed E-state index contributed by atoms with van der Waals surface area (Å²) in [5.74, 6) is 0.196. The van der Waals surface area contributed by atoms with Crippen molar-refractivity contribution >= 4 is 5.78 Å². The number of carbonyl (C=O) groups is 1. The first-order valence-electron chi connectivity index (χ1n) is 5.39. The normalized spacial score (nSPS) is 24.9. The van der Waals surface area contributed by atoms with E-state index in [0.717, 1.165) is 23.4 Å². The third-order valence-electron chi connectivity index (χ3n) is 2.38. The van der Waals surface area contributed by atoms with Crippen molar-refractivity contribution in [3.63, 3.8) is 0 Å². The molecule has 0 radical (unpaired) electrons. The maximum absolute atomic E-state index is 11.5. The standard InChI is InChI=1S/C13H20N2O/c1-9(2)6-10(3)14-13(5)8-12(16)7-11(4)15-13/h14-15H,1,3-4,6-8H2,2,5H3. The minimum absolute atomic E-state index is 0.196. The summed E-state index contributed by atoms with van der Waals surface area (Å²) in [7, 11) is 0. The van der Waals surface area contributed by atoms with Gasteiger partial charge in [-0.1, -0.05) is 25.3 Å². The largest absolute Gasteiger partial charge is 0.366 e. The van der Waals surface area contributed by atoms with Crippen molar-refractivity contribution < 1.29 is 4.79 Å². The Hall–Kier alpha value is -1.51. The fourth-order valence-corrected chi connectivity index (χ4v) is 2.05. The van der Waals surface area contributed by atoms with Gasteiger partial charge in [0.15, 0.2) is 0 Å². The van der Waals surface area contributed by atoms with E-state index < -0.39 is 5.66 Å². The van der Waals surface area contributed by atoms with E-state index in [1.165, 1.54) is 0 Å². The van der Waals surface area contributed by atoms with E-state index in [4.69, 9.17) is 0 Å². The van der Waals surface area contributed by atoms with Crippen molar-refractivity contribution in [2.45, 2.75) is 38.8 Å². The SMILES string of the molecule is C=C(C)CC(=C)NC1(C)CC(=O)CC(=C)N1. The molecule has 3 nitrogen and oxygen atoms in total. The minimum atomic E-state index is -0.459. The quantitative estimate of drug-likeness (QED) is 0.714. The predicted molar refractivity (Wildman–Crippen MR) is 66.6 cm³/mol. The van der Waals surface area contributed by atoms with Crippen LogP contribution >= 0.6 is 0 Å². The summed E-state index contributed by atoms with van der Waals surface area (Å²) >= 11 is 0. The lowest BCUT2D eigenvalue weighted by atomic mass is 9.96. The van der Waals surface area contributed by atoms with Gasteiger partial charge in [-0.15, -0.1) is 0 Å². The second kappa shape index (κ2) is 4.56. The summed E-state index contributed by atoms with van der Waals surface area (Å²) in [6, 6.07) is 0. The van der Waals surface area contributed by atoms with E-state index in [1.54, 1.807) is 0 Å². The molecule has 1 rings (SSSR count). The van der Waals surface area contributed by atoms with Crippen LogP contribution in [0.1, 0.15) is 33.1 Å². The number of hydrogen-bond acceptors (Lipinski definition) is 3. The zero-order chi connectivity index (χ0) is 12.3. The summed E-state index contributed by atoms with van der Waals surface area (Å²) in [6.45, 7) is 15.5. The highest BCUT2D eigenvalue weighted by Crippen LogP contribution is 2.20. The van der Waals surface area contributed by atoms with Crippen LogP contribution in [0.25, 0.3) is 0 Å². The van der Waals surface area contributed by atoms with E-state index in [2.05, 4.69) is 30.4 Å². The fourth-order valence-electron chi connectivity index (χ4n) is 2.05. The van der Waals surface area contributed by atoms with Gasteiger partial charge >= 0.3 is 0 Å². The van der Waals surface area contributed by atoms with Crippen molar-refractivity contribution in [2.75, 3.05) is 0 Å². The Morgan fingerprint density at radius 3 is 2.69 bits per heavy atom. The molecule has 1 aliphatic heterocycles. The molecular formula is C13H20N2O. The Bertz CT molecular complexity index is 339. The third kappa shape index (κ3) is 3.57. The number of hydrogen-bond donors (Lipinski definition) is 2. The minimum Gasteiger partial charge on any atom is -0.366 e. The molecule has 1 aliphatic rings. The van der Waals surface area contributed by atoms with Crippen LogP contribution in [-0.2, 0) is 4.79 Å². The van der Waals surface area contributed by atoms with Crippen LogP contribution in [0.2, 0.25) is 0 Å². The summed E-state index contributed by atoms with van der Waals surface area (Å²) in [6.07, 6.45) is 1.59. The molecule has 0 bridgehead atoms. The maximum Gasteiger partial charge on any atom is 0.142 e. The molecule has 0 saturated carbocycles. The van der Waals surface area contributed by atoms with Gasteiger partial charge in [0.2, 0.25) is 0 Å². The van der Waals surface area contributed by atoms with Gasteiger partial charge in [0.25, 0.3) is 0 Å². The molecule has 0 aliphatic carbocycles. The fraction of sp³-hybridized carbons (Fsp3) is 0.462. The second-order valence-electron chi connectivity index (χ2n) is 4.82. The zero-order valence-corrected chi connectivity index (χ0v) is 10.2. The number of Topliss-reactive ketones (excluding diaryl/α,β-unsaturated/α-hetero) is 1. The van der Waals surface area contributed by atoms with Crippen LogP contribution in [0.3, 0.4) is 0 Å². The Morgan fingerprint density at radius 2 is 2.19 bits per heavy atom. The molecule has 0 aromatic rings. The van der Waals surface area contributed by atoms with Gasteiger partial charge < -0.3 is 10.6 Å². The van der Waals surface area contributed by atoms with E-state index in [9.17, 15) is 4.79 Å². The summed E-state index contributed by atoms with van der Waals surface area (Å²) in [4.78, 5) is 11.5. The highest BCUT2D eigenvalue weighted by Gasteiger charge is 2.32. The maximum atomic E-state index is 11.5. The molecule has 0 aromatic carbocycles. The van der Waals surface area contributed by atoms with Gasteiger partial charge in [0, 0.05) is 30.7 Å². The molecule has 0 amide bonds. The topological polar surface area (TPSA) is 41.1 Å². The summed E-state index contributed by atoms with van der Waals surface area (Å²) < 4.78 is 0. The van der Waals surface area contributed by atoms with Crippen molar-refractivity contribution in [1.29, 1.82) is 0 Å². The summed E-state index contributed by atoms with van der Waals surface area (Å²) in [5, 5.41) is 6.45. The van der Waals surface area contributed by atoms with Crippen LogP contribution in [0.5, 0.6) is 0 Å². The molecule has 1 fully saturated rings. The van der Waals surface area contributed by atoms with Gasteiger partial charge in [-0.25, -0.2) is 0 Å². The van der Waals surface area contributed by atoms with Gasteiger partial charge in [-0.05, 0) is 13.8 Å². The molecule has 1 heterocycles. The molecule has 0 aromatic heterocycles. The average Bonchev–Trinajstić information content (AvgIpc) is 1.95. The highest BCUT2D eigenvalue weighted by molar-refractivity contribution is 5.83. The van der Waals surface area contributed by atoms with Crippen molar-refractivity contribution in [1.82, 2.24) is 10.6 Å². The highest BCUT2D eigenvalue weighted by atomic mass is 16.1. The van der Waals surface area contributed by atoms with E-state index in [1.807, 2.05) is 13.8 Å². The number of allylic oxidation sites excluding steroid dienone is 2. The number of carbonyl (C=O) groups excluding carboxylic acids is 1. The van der Waals surface area contributed by atoms with Gasteiger partial charge in [-0.2, -0.15) is 0 Å². The van der Waals surface area contributed by atoms with Gasteiger partial charge in [0.05, 0.1) is 0 Å². The van der Waals surface area contributed by atoms with Crippen LogP contribution in [0, 0.1) is 0 Å². The molecular weight excluding hydrogens is 200 g/mol. The number of piperidine rings is 1. The van der Waals surface area contributed by atoms with E-state index >= 15 is 0 Å².